The number of hydrogen-bond donors (Lipinski definition) is 1. The van der Waals surface area contributed by atoms with E-state index in [2.05, 4.69) is 4.98 Å². The summed E-state index contributed by atoms with van der Waals surface area (Å²) in [6, 6.07) is 7.18. The molecule has 5 heteroatoms. The molecule has 19 heavy (non-hydrogen) atoms. The number of fused-ring (bicyclic) bond motifs is 1. The average Bonchev–Trinajstić information content (AvgIpc) is 2.41. The fourth-order valence-corrected chi connectivity index (χ4v) is 2.50. The highest BCUT2D eigenvalue weighted by molar-refractivity contribution is 6.42. The van der Waals surface area contributed by atoms with Crippen LogP contribution in [0.15, 0.2) is 30.5 Å². The van der Waals surface area contributed by atoms with Crippen molar-refractivity contribution in [2.24, 2.45) is 0 Å². The molecule has 1 aliphatic rings. The van der Waals surface area contributed by atoms with E-state index in [0.29, 0.717) is 15.9 Å². The van der Waals surface area contributed by atoms with E-state index < -0.39 is 0 Å². The van der Waals surface area contributed by atoms with Gasteiger partial charge in [0.15, 0.2) is 0 Å². The maximum Gasteiger partial charge on any atom is 0.217 e. The molecule has 2 aromatic rings. The highest BCUT2D eigenvalue weighted by atomic mass is 35.5. The zero-order valence-electron chi connectivity index (χ0n) is 9.94. The lowest BCUT2D eigenvalue weighted by Crippen LogP contribution is -2.16. The maximum absolute atomic E-state index is 9.39. The van der Waals surface area contributed by atoms with Crippen molar-refractivity contribution >= 4 is 23.2 Å². The summed E-state index contributed by atoms with van der Waals surface area (Å²) in [5.41, 5.74) is 1.91. The molecule has 0 aliphatic carbocycles. The number of halogens is 2. The molecule has 3 rings (SSSR count). The van der Waals surface area contributed by atoms with Gasteiger partial charge in [-0.05, 0) is 36.6 Å². The molecule has 1 N–H and O–H groups in total. The number of aromatic nitrogens is 1. The first kappa shape index (κ1) is 12.6. The molecular formula is C14H11Cl2NO2. The quantitative estimate of drug-likeness (QED) is 0.859. The molecule has 1 aromatic heterocycles. The van der Waals surface area contributed by atoms with Crippen molar-refractivity contribution in [3.8, 4) is 11.6 Å². The van der Waals surface area contributed by atoms with Crippen molar-refractivity contribution in [3.63, 3.8) is 0 Å². The van der Waals surface area contributed by atoms with Crippen LogP contribution in [-0.4, -0.2) is 10.1 Å². The minimum Gasteiger partial charge on any atom is -0.506 e. The third-order valence-electron chi connectivity index (χ3n) is 3.16. The number of benzene rings is 1. The van der Waals surface area contributed by atoms with Gasteiger partial charge in [0.2, 0.25) is 5.88 Å². The van der Waals surface area contributed by atoms with Gasteiger partial charge in [0.25, 0.3) is 0 Å². The Labute approximate surface area is 120 Å². The highest BCUT2D eigenvalue weighted by Crippen LogP contribution is 2.36. The minimum atomic E-state index is -0.0840. The van der Waals surface area contributed by atoms with Crippen molar-refractivity contribution in [1.82, 2.24) is 4.98 Å². The largest absolute Gasteiger partial charge is 0.506 e. The average molecular weight is 296 g/mol. The molecule has 0 fully saturated rings. The second-order valence-electron chi connectivity index (χ2n) is 4.48. The van der Waals surface area contributed by atoms with E-state index in [9.17, 15) is 5.11 Å². The molecule has 0 spiro atoms. The van der Waals surface area contributed by atoms with Gasteiger partial charge in [-0.3, -0.25) is 0 Å². The Hall–Kier alpha value is -1.45. The van der Waals surface area contributed by atoms with Crippen LogP contribution in [0.4, 0.5) is 0 Å². The van der Waals surface area contributed by atoms with Crippen molar-refractivity contribution in [3.05, 3.63) is 51.6 Å². The first-order valence-corrected chi connectivity index (χ1v) is 6.68. The van der Waals surface area contributed by atoms with Crippen LogP contribution in [0.25, 0.3) is 0 Å². The second-order valence-corrected chi connectivity index (χ2v) is 5.29. The first-order valence-electron chi connectivity index (χ1n) is 5.93. The van der Waals surface area contributed by atoms with E-state index in [0.717, 1.165) is 24.0 Å². The van der Waals surface area contributed by atoms with Crippen molar-refractivity contribution in [1.29, 1.82) is 0 Å². The Morgan fingerprint density at radius 1 is 1.21 bits per heavy atom. The maximum atomic E-state index is 9.39. The predicted octanol–water partition coefficient (Wildman–Crippen LogP) is 4.16. The van der Waals surface area contributed by atoms with Crippen LogP contribution in [-0.2, 0) is 6.42 Å². The van der Waals surface area contributed by atoms with Crippen LogP contribution in [0.1, 0.15) is 23.7 Å². The number of aryl methyl sites for hydroxylation is 1. The molecule has 0 bridgehead atoms. The molecule has 2 heterocycles. The molecule has 0 radical (unpaired) electrons. The number of ether oxygens (including phenoxy) is 1. The van der Waals surface area contributed by atoms with Gasteiger partial charge in [0.05, 0.1) is 16.2 Å². The summed E-state index contributed by atoms with van der Waals surface area (Å²) >= 11 is 11.9. The van der Waals surface area contributed by atoms with E-state index in [4.69, 9.17) is 27.9 Å². The van der Waals surface area contributed by atoms with E-state index in [-0.39, 0.29) is 11.9 Å². The number of rotatable bonds is 1. The summed E-state index contributed by atoms with van der Waals surface area (Å²) < 4.78 is 5.84. The molecule has 1 aliphatic heterocycles. The number of nitrogens with zero attached hydrogens (tertiary/aromatic N) is 1. The van der Waals surface area contributed by atoms with Crippen molar-refractivity contribution < 1.29 is 9.84 Å². The molecule has 0 saturated heterocycles. The SMILES string of the molecule is Oc1cnc2c(c1)CCC(c1ccc(Cl)c(Cl)c1)O2. The zero-order valence-corrected chi connectivity index (χ0v) is 11.4. The van der Waals surface area contributed by atoms with Gasteiger partial charge in [-0.15, -0.1) is 0 Å². The van der Waals surface area contributed by atoms with Gasteiger partial charge in [-0.2, -0.15) is 0 Å². The summed E-state index contributed by atoms with van der Waals surface area (Å²) in [6.45, 7) is 0. The highest BCUT2D eigenvalue weighted by Gasteiger charge is 2.23. The first-order chi connectivity index (χ1) is 9.13. The summed E-state index contributed by atoms with van der Waals surface area (Å²) in [6.07, 6.45) is 2.92. The Balaban J connectivity index is 1.89. The van der Waals surface area contributed by atoms with E-state index >= 15 is 0 Å². The predicted molar refractivity (Wildman–Crippen MR) is 74.1 cm³/mol. The lowest BCUT2D eigenvalue weighted by Gasteiger charge is -2.25. The number of aromatic hydroxyl groups is 1. The Morgan fingerprint density at radius 2 is 2.05 bits per heavy atom. The molecule has 0 saturated carbocycles. The topological polar surface area (TPSA) is 42.4 Å². The fraction of sp³-hybridized carbons (Fsp3) is 0.214. The molecule has 1 unspecified atom stereocenters. The van der Waals surface area contributed by atoms with Crippen molar-refractivity contribution in [2.75, 3.05) is 0 Å². The monoisotopic (exact) mass is 295 g/mol. The summed E-state index contributed by atoms with van der Waals surface area (Å²) in [5.74, 6) is 0.732. The smallest absolute Gasteiger partial charge is 0.217 e. The molecule has 1 aromatic carbocycles. The number of hydrogen-bond acceptors (Lipinski definition) is 3. The van der Waals surface area contributed by atoms with E-state index in [1.165, 1.54) is 6.20 Å². The Morgan fingerprint density at radius 3 is 2.84 bits per heavy atom. The Kier molecular flexibility index (Phi) is 3.25. The van der Waals surface area contributed by atoms with Gasteiger partial charge >= 0.3 is 0 Å². The minimum absolute atomic E-state index is 0.0840. The molecular weight excluding hydrogens is 285 g/mol. The van der Waals surface area contributed by atoms with Crippen LogP contribution in [0.2, 0.25) is 10.0 Å². The van der Waals surface area contributed by atoms with Crippen LogP contribution >= 0.6 is 23.2 Å². The van der Waals surface area contributed by atoms with Crippen molar-refractivity contribution in [2.45, 2.75) is 18.9 Å². The summed E-state index contributed by atoms with van der Waals surface area (Å²) in [7, 11) is 0. The fourth-order valence-electron chi connectivity index (χ4n) is 2.20. The third kappa shape index (κ3) is 2.48. The third-order valence-corrected chi connectivity index (χ3v) is 3.90. The number of pyridine rings is 1. The van der Waals surface area contributed by atoms with Crippen LogP contribution < -0.4 is 4.74 Å². The normalized spacial score (nSPS) is 17.7. The molecule has 0 amide bonds. The van der Waals surface area contributed by atoms with Gasteiger partial charge in [-0.25, -0.2) is 4.98 Å². The van der Waals surface area contributed by atoms with Crippen LogP contribution in [0, 0.1) is 0 Å². The lowest BCUT2D eigenvalue weighted by molar-refractivity contribution is 0.167. The summed E-state index contributed by atoms with van der Waals surface area (Å²) in [5, 5.41) is 10.4. The molecule has 1 atom stereocenters. The van der Waals surface area contributed by atoms with Crippen LogP contribution in [0.3, 0.4) is 0 Å². The Bertz CT molecular complexity index is 631. The lowest BCUT2D eigenvalue weighted by atomic mass is 9.99. The van der Waals surface area contributed by atoms with E-state index in [1.54, 1.807) is 12.1 Å². The standard InChI is InChI=1S/C14H11Cl2NO2/c15-11-3-1-8(6-12(11)16)13-4-2-9-5-10(18)7-17-14(9)19-13/h1,3,5-7,13,18H,2,4H2. The van der Waals surface area contributed by atoms with Gasteiger partial charge in [0, 0.05) is 5.56 Å². The zero-order chi connectivity index (χ0) is 13.4. The van der Waals surface area contributed by atoms with Gasteiger partial charge < -0.3 is 9.84 Å². The van der Waals surface area contributed by atoms with Gasteiger partial charge in [0.1, 0.15) is 11.9 Å². The van der Waals surface area contributed by atoms with Crippen LogP contribution in [0.5, 0.6) is 11.6 Å². The van der Waals surface area contributed by atoms with Gasteiger partial charge in [-0.1, -0.05) is 29.3 Å². The summed E-state index contributed by atoms with van der Waals surface area (Å²) in [4.78, 5) is 4.10. The molecule has 98 valence electrons. The molecule has 3 nitrogen and oxygen atoms in total. The van der Waals surface area contributed by atoms with E-state index in [1.807, 2.05) is 12.1 Å². The second kappa shape index (κ2) is 4.91.